The lowest BCUT2D eigenvalue weighted by molar-refractivity contribution is -0.137. The normalized spacial score (nSPS) is 11.0. The highest BCUT2D eigenvalue weighted by molar-refractivity contribution is 7.93. The molecule has 7 heteroatoms. The van der Waals surface area contributed by atoms with Gasteiger partial charge in [0.25, 0.3) is 0 Å². The molecule has 18 heavy (non-hydrogen) atoms. The maximum Gasteiger partial charge on any atom is 0.322 e. The van der Waals surface area contributed by atoms with Crippen molar-refractivity contribution in [3.63, 3.8) is 0 Å². The van der Waals surface area contributed by atoms with Gasteiger partial charge in [-0.05, 0) is 19.1 Å². The minimum Gasteiger partial charge on any atom is -0.468 e. The number of sulfonamides is 1. The maximum absolute atomic E-state index is 12.1. The first kappa shape index (κ1) is 14.3. The molecule has 2 N–H and O–H groups in total. The minimum absolute atomic E-state index is 0.188. The zero-order valence-corrected chi connectivity index (χ0v) is 11.1. The molecule has 0 atom stereocenters. The van der Waals surface area contributed by atoms with Crippen LogP contribution >= 0.6 is 0 Å². The molecule has 0 aliphatic carbocycles. The van der Waals surface area contributed by atoms with Crippen molar-refractivity contribution in [1.82, 2.24) is 0 Å². The fourth-order valence-electron chi connectivity index (χ4n) is 1.52. The SMILES string of the molecule is CCN(c1ccccc1N)S(=O)(=O)CC(=O)OC. The summed E-state index contributed by atoms with van der Waals surface area (Å²) in [4.78, 5) is 11.1. The van der Waals surface area contributed by atoms with Crippen LogP contribution in [0.4, 0.5) is 11.4 Å². The third-order valence-electron chi connectivity index (χ3n) is 2.36. The molecule has 100 valence electrons. The maximum atomic E-state index is 12.1. The molecule has 0 aliphatic rings. The number of hydrogen-bond donors (Lipinski definition) is 1. The minimum atomic E-state index is -3.78. The Morgan fingerprint density at radius 2 is 2.00 bits per heavy atom. The van der Waals surface area contributed by atoms with Crippen LogP contribution in [0.3, 0.4) is 0 Å². The van der Waals surface area contributed by atoms with Gasteiger partial charge < -0.3 is 10.5 Å². The third kappa shape index (κ3) is 3.13. The van der Waals surface area contributed by atoms with Gasteiger partial charge in [-0.3, -0.25) is 9.10 Å². The van der Waals surface area contributed by atoms with E-state index in [0.717, 1.165) is 11.4 Å². The van der Waals surface area contributed by atoms with Gasteiger partial charge in [-0.25, -0.2) is 8.42 Å². The number of nitrogen functional groups attached to an aromatic ring is 1. The van der Waals surface area contributed by atoms with Gasteiger partial charge in [0.15, 0.2) is 5.75 Å². The van der Waals surface area contributed by atoms with E-state index in [4.69, 9.17) is 5.73 Å². The van der Waals surface area contributed by atoms with Gasteiger partial charge in [0, 0.05) is 6.54 Å². The van der Waals surface area contributed by atoms with Crippen LogP contribution in [-0.4, -0.2) is 33.8 Å². The zero-order chi connectivity index (χ0) is 13.8. The standard InChI is InChI=1S/C11H16N2O4S/c1-3-13(10-7-5-4-6-9(10)12)18(15,16)8-11(14)17-2/h4-7H,3,8,12H2,1-2H3. The Morgan fingerprint density at radius 1 is 1.39 bits per heavy atom. The van der Waals surface area contributed by atoms with Gasteiger partial charge in [-0.2, -0.15) is 0 Å². The van der Waals surface area contributed by atoms with E-state index in [9.17, 15) is 13.2 Å². The number of methoxy groups -OCH3 is 1. The highest BCUT2D eigenvalue weighted by Crippen LogP contribution is 2.25. The Kier molecular flexibility index (Phi) is 4.55. The molecule has 0 spiro atoms. The summed E-state index contributed by atoms with van der Waals surface area (Å²) in [5, 5.41) is 0. The van der Waals surface area contributed by atoms with E-state index in [-0.39, 0.29) is 6.54 Å². The number of nitrogens with two attached hydrogens (primary N) is 1. The summed E-state index contributed by atoms with van der Waals surface area (Å²) in [7, 11) is -2.64. The van der Waals surface area contributed by atoms with Gasteiger partial charge in [0.05, 0.1) is 18.5 Å². The van der Waals surface area contributed by atoms with Gasteiger partial charge in [0.2, 0.25) is 10.0 Å². The third-order valence-corrected chi connectivity index (χ3v) is 4.08. The van der Waals surface area contributed by atoms with Crippen LogP contribution in [0.15, 0.2) is 24.3 Å². The van der Waals surface area contributed by atoms with E-state index in [2.05, 4.69) is 4.74 Å². The molecule has 0 bridgehead atoms. The van der Waals surface area contributed by atoms with Crippen molar-refractivity contribution in [2.45, 2.75) is 6.92 Å². The summed E-state index contributed by atoms with van der Waals surface area (Å²) < 4.78 is 29.6. The van der Waals surface area contributed by atoms with Crippen molar-refractivity contribution < 1.29 is 17.9 Å². The summed E-state index contributed by atoms with van der Waals surface area (Å²) in [6.45, 7) is 1.86. The second-order valence-electron chi connectivity index (χ2n) is 3.56. The van der Waals surface area contributed by atoms with E-state index >= 15 is 0 Å². The van der Waals surface area contributed by atoms with Crippen molar-refractivity contribution in [3.05, 3.63) is 24.3 Å². The summed E-state index contributed by atoms with van der Waals surface area (Å²) in [5.41, 5.74) is 6.44. The average molecular weight is 272 g/mol. The smallest absolute Gasteiger partial charge is 0.322 e. The molecule has 6 nitrogen and oxygen atoms in total. The number of rotatable bonds is 5. The molecule has 0 unspecified atom stereocenters. The van der Waals surface area contributed by atoms with Gasteiger partial charge in [-0.1, -0.05) is 12.1 Å². The molecule has 0 aromatic heterocycles. The van der Waals surface area contributed by atoms with Crippen LogP contribution in [0.5, 0.6) is 0 Å². The predicted octanol–water partition coefficient (Wildman–Crippen LogP) is 0.598. The monoisotopic (exact) mass is 272 g/mol. The number of esters is 1. The van der Waals surface area contributed by atoms with Crippen molar-refractivity contribution in [2.75, 3.05) is 29.4 Å². The van der Waals surface area contributed by atoms with E-state index in [1.165, 1.54) is 0 Å². The predicted molar refractivity (Wildman–Crippen MR) is 69.7 cm³/mol. The Bertz CT molecular complexity index is 528. The fraction of sp³-hybridized carbons (Fsp3) is 0.364. The lowest BCUT2D eigenvalue weighted by atomic mass is 10.3. The Labute approximate surface area is 106 Å². The van der Waals surface area contributed by atoms with Crippen molar-refractivity contribution in [1.29, 1.82) is 0 Å². The Morgan fingerprint density at radius 3 is 2.50 bits per heavy atom. The molecular formula is C11H16N2O4S. The quantitative estimate of drug-likeness (QED) is 0.626. The van der Waals surface area contributed by atoms with Crippen molar-refractivity contribution in [3.8, 4) is 0 Å². The fourth-order valence-corrected chi connectivity index (χ4v) is 2.95. The van der Waals surface area contributed by atoms with Gasteiger partial charge in [-0.15, -0.1) is 0 Å². The molecule has 0 radical (unpaired) electrons. The molecule has 0 saturated carbocycles. The number of para-hydroxylation sites is 2. The summed E-state index contributed by atoms with van der Waals surface area (Å²) in [6, 6.07) is 6.58. The van der Waals surface area contributed by atoms with Crippen LogP contribution in [0.2, 0.25) is 0 Å². The van der Waals surface area contributed by atoms with Crippen LogP contribution in [0, 0.1) is 0 Å². The highest BCUT2D eigenvalue weighted by Gasteiger charge is 2.26. The van der Waals surface area contributed by atoms with E-state index in [0.29, 0.717) is 11.4 Å². The topological polar surface area (TPSA) is 89.7 Å². The largest absolute Gasteiger partial charge is 0.468 e. The zero-order valence-electron chi connectivity index (χ0n) is 10.3. The van der Waals surface area contributed by atoms with Crippen molar-refractivity contribution >= 4 is 27.4 Å². The number of ether oxygens (including phenoxy) is 1. The highest BCUT2D eigenvalue weighted by atomic mass is 32.2. The van der Waals surface area contributed by atoms with Crippen molar-refractivity contribution in [2.24, 2.45) is 0 Å². The van der Waals surface area contributed by atoms with E-state index in [1.54, 1.807) is 31.2 Å². The van der Waals surface area contributed by atoms with Crippen LogP contribution < -0.4 is 10.0 Å². The Balaban J connectivity index is 3.11. The van der Waals surface area contributed by atoms with Crippen LogP contribution in [0.1, 0.15) is 6.92 Å². The number of benzene rings is 1. The number of carbonyl (C=O) groups excluding carboxylic acids is 1. The molecule has 0 amide bonds. The van der Waals surface area contributed by atoms with E-state index < -0.39 is 21.7 Å². The number of anilines is 2. The molecule has 0 aliphatic heterocycles. The molecule has 0 saturated heterocycles. The first-order valence-corrected chi connectivity index (χ1v) is 6.95. The average Bonchev–Trinajstić information content (AvgIpc) is 2.31. The van der Waals surface area contributed by atoms with Gasteiger partial charge >= 0.3 is 5.97 Å². The van der Waals surface area contributed by atoms with Gasteiger partial charge in [0.1, 0.15) is 0 Å². The molecule has 0 fully saturated rings. The molecular weight excluding hydrogens is 256 g/mol. The molecule has 1 aromatic carbocycles. The summed E-state index contributed by atoms with van der Waals surface area (Å²) in [5.74, 6) is -1.51. The number of carbonyl (C=O) groups is 1. The summed E-state index contributed by atoms with van der Waals surface area (Å²) >= 11 is 0. The Hall–Kier alpha value is -1.76. The summed E-state index contributed by atoms with van der Waals surface area (Å²) in [6.07, 6.45) is 0. The van der Waals surface area contributed by atoms with Crippen LogP contribution in [-0.2, 0) is 19.6 Å². The molecule has 0 heterocycles. The van der Waals surface area contributed by atoms with Crippen LogP contribution in [0.25, 0.3) is 0 Å². The second-order valence-corrected chi connectivity index (χ2v) is 5.45. The lowest BCUT2D eigenvalue weighted by Gasteiger charge is -2.23. The second kappa shape index (κ2) is 5.72. The number of hydrogen-bond acceptors (Lipinski definition) is 5. The molecule has 1 aromatic rings. The first-order chi connectivity index (χ1) is 8.42. The first-order valence-electron chi connectivity index (χ1n) is 5.34. The lowest BCUT2D eigenvalue weighted by Crippen LogP contribution is -2.36. The number of nitrogens with zero attached hydrogens (tertiary/aromatic N) is 1. The van der Waals surface area contributed by atoms with E-state index in [1.807, 2.05) is 0 Å². The molecule has 1 rings (SSSR count).